The minimum Gasteiger partial charge on any atom is -0.481 e. The first-order valence-corrected chi connectivity index (χ1v) is 6.68. The maximum atomic E-state index is 12.4. The van der Waals surface area contributed by atoms with Gasteiger partial charge in [0.05, 0.1) is 13.0 Å². The molecule has 0 spiro atoms. The molecule has 1 aliphatic heterocycles. The monoisotopic (exact) mass is 280 g/mol. The van der Waals surface area contributed by atoms with Gasteiger partial charge in [-0.05, 0) is 12.8 Å². The number of urea groups is 1. The van der Waals surface area contributed by atoms with Crippen molar-refractivity contribution in [3.05, 3.63) is 18.2 Å². The van der Waals surface area contributed by atoms with Gasteiger partial charge in [-0.3, -0.25) is 4.79 Å². The molecular formula is C13H20N4O3. The number of amides is 2. The number of nitrogens with zero attached hydrogens (tertiary/aromatic N) is 4. The average molecular weight is 280 g/mol. The molecule has 1 N–H and O–H groups in total. The highest BCUT2D eigenvalue weighted by atomic mass is 16.4. The van der Waals surface area contributed by atoms with E-state index in [-0.39, 0.29) is 18.5 Å². The van der Waals surface area contributed by atoms with Crippen molar-refractivity contribution in [1.29, 1.82) is 0 Å². The molecule has 1 unspecified atom stereocenters. The van der Waals surface area contributed by atoms with Crippen molar-refractivity contribution in [3.63, 3.8) is 0 Å². The fourth-order valence-electron chi connectivity index (χ4n) is 2.55. The highest BCUT2D eigenvalue weighted by molar-refractivity contribution is 5.76. The first kappa shape index (κ1) is 14.4. The number of rotatable bonds is 4. The summed E-state index contributed by atoms with van der Waals surface area (Å²) in [5.41, 5.74) is 0. The maximum Gasteiger partial charge on any atom is 0.320 e. The lowest BCUT2D eigenvalue weighted by atomic mass is 10.1. The van der Waals surface area contributed by atoms with Gasteiger partial charge in [-0.15, -0.1) is 0 Å². The van der Waals surface area contributed by atoms with Gasteiger partial charge in [0, 0.05) is 39.1 Å². The first-order valence-electron chi connectivity index (χ1n) is 6.68. The summed E-state index contributed by atoms with van der Waals surface area (Å²) in [7, 11) is 3.59. The Kier molecular flexibility index (Phi) is 4.26. The molecule has 1 fully saturated rings. The van der Waals surface area contributed by atoms with Gasteiger partial charge in [-0.2, -0.15) is 0 Å². The van der Waals surface area contributed by atoms with Crippen molar-refractivity contribution in [2.45, 2.75) is 31.8 Å². The minimum atomic E-state index is -0.860. The van der Waals surface area contributed by atoms with Gasteiger partial charge >= 0.3 is 12.0 Å². The molecule has 0 aliphatic carbocycles. The quantitative estimate of drug-likeness (QED) is 0.889. The summed E-state index contributed by atoms with van der Waals surface area (Å²) >= 11 is 0. The summed E-state index contributed by atoms with van der Waals surface area (Å²) < 4.78 is 1.86. The second-order valence-corrected chi connectivity index (χ2v) is 5.18. The van der Waals surface area contributed by atoms with Crippen LogP contribution in [0.2, 0.25) is 0 Å². The smallest absolute Gasteiger partial charge is 0.320 e. The van der Waals surface area contributed by atoms with E-state index < -0.39 is 5.97 Å². The van der Waals surface area contributed by atoms with E-state index >= 15 is 0 Å². The maximum absolute atomic E-state index is 12.4. The second-order valence-electron chi connectivity index (χ2n) is 5.18. The Balaban J connectivity index is 1.99. The number of carboxylic acid groups (broad SMARTS) is 1. The second kappa shape index (κ2) is 5.94. The van der Waals surface area contributed by atoms with Gasteiger partial charge in [0.1, 0.15) is 5.82 Å². The summed E-state index contributed by atoms with van der Waals surface area (Å²) in [6.45, 7) is 1.04. The van der Waals surface area contributed by atoms with E-state index in [1.54, 1.807) is 23.0 Å². The van der Waals surface area contributed by atoms with E-state index in [0.717, 1.165) is 18.7 Å². The van der Waals surface area contributed by atoms with Crippen molar-refractivity contribution in [1.82, 2.24) is 19.4 Å². The minimum absolute atomic E-state index is 0.0159. The Bertz CT molecular complexity index is 500. The first-order chi connectivity index (χ1) is 9.49. The topological polar surface area (TPSA) is 78.7 Å². The lowest BCUT2D eigenvalue weighted by molar-refractivity contribution is -0.138. The van der Waals surface area contributed by atoms with Crippen LogP contribution >= 0.6 is 0 Å². The van der Waals surface area contributed by atoms with Crippen LogP contribution in [-0.2, 0) is 18.4 Å². The molecular weight excluding hydrogens is 260 g/mol. The number of aliphatic carboxylic acids is 1. The van der Waals surface area contributed by atoms with Crippen LogP contribution in [0.15, 0.2) is 12.4 Å². The zero-order valence-electron chi connectivity index (χ0n) is 11.8. The van der Waals surface area contributed by atoms with Gasteiger partial charge < -0.3 is 19.5 Å². The molecule has 1 atom stereocenters. The third-order valence-corrected chi connectivity index (χ3v) is 3.66. The number of carbonyl (C=O) groups excluding carboxylic acids is 1. The normalized spacial score (nSPS) is 18.3. The van der Waals surface area contributed by atoms with Crippen LogP contribution in [0.1, 0.15) is 25.1 Å². The molecule has 0 saturated carbocycles. The summed E-state index contributed by atoms with van der Waals surface area (Å²) in [6.07, 6.45) is 5.16. The van der Waals surface area contributed by atoms with Crippen LogP contribution in [0.25, 0.3) is 0 Å². The number of carbonyl (C=O) groups is 2. The number of likely N-dealkylation sites (tertiary alicyclic amines) is 1. The summed E-state index contributed by atoms with van der Waals surface area (Å²) in [5.74, 6) is -0.0590. The third kappa shape index (κ3) is 3.09. The molecule has 0 radical (unpaired) electrons. The van der Waals surface area contributed by atoms with Crippen molar-refractivity contribution < 1.29 is 14.7 Å². The van der Waals surface area contributed by atoms with Crippen LogP contribution < -0.4 is 0 Å². The highest BCUT2D eigenvalue weighted by Gasteiger charge is 2.32. The van der Waals surface area contributed by atoms with Crippen LogP contribution in [0, 0.1) is 0 Å². The number of aryl methyl sites for hydroxylation is 1. The van der Waals surface area contributed by atoms with Crippen molar-refractivity contribution in [3.8, 4) is 0 Å². The van der Waals surface area contributed by atoms with E-state index in [2.05, 4.69) is 4.98 Å². The van der Waals surface area contributed by atoms with E-state index in [1.165, 1.54) is 0 Å². The van der Waals surface area contributed by atoms with Gasteiger partial charge in [-0.25, -0.2) is 9.78 Å². The van der Waals surface area contributed by atoms with Gasteiger partial charge in [0.2, 0.25) is 0 Å². The Morgan fingerprint density at radius 1 is 1.55 bits per heavy atom. The van der Waals surface area contributed by atoms with Gasteiger partial charge in [0.25, 0.3) is 0 Å². The molecule has 20 heavy (non-hydrogen) atoms. The SMILES string of the molecule is CN(Cc1nccn1C)C(=O)N1CCCC1CC(=O)O. The van der Waals surface area contributed by atoms with Crippen molar-refractivity contribution >= 4 is 12.0 Å². The average Bonchev–Trinajstić information content (AvgIpc) is 2.98. The molecule has 1 saturated heterocycles. The Hall–Kier alpha value is -2.05. The molecule has 2 rings (SSSR count). The van der Waals surface area contributed by atoms with Crippen LogP contribution in [0.4, 0.5) is 4.79 Å². The molecule has 2 amide bonds. The number of imidazole rings is 1. The van der Waals surface area contributed by atoms with Crippen LogP contribution in [-0.4, -0.2) is 56.1 Å². The molecule has 1 aromatic rings. The Labute approximate surface area is 117 Å². The highest BCUT2D eigenvalue weighted by Crippen LogP contribution is 2.21. The van der Waals surface area contributed by atoms with Crippen LogP contribution in [0.5, 0.6) is 0 Å². The third-order valence-electron chi connectivity index (χ3n) is 3.66. The molecule has 2 heterocycles. The standard InChI is InChI=1S/C13H20N4O3/c1-15-7-5-14-11(15)9-16(2)13(20)17-6-3-4-10(17)8-12(18)19/h5,7,10H,3-4,6,8-9H2,1-2H3,(H,18,19). The largest absolute Gasteiger partial charge is 0.481 e. The molecule has 7 nitrogen and oxygen atoms in total. The molecule has 0 aromatic carbocycles. The zero-order valence-corrected chi connectivity index (χ0v) is 11.8. The van der Waals surface area contributed by atoms with Crippen molar-refractivity contribution in [2.75, 3.05) is 13.6 Å². The molecule has 110 valence electrons. The van der Waals surface area contributed by atoms with Crippen LogP contribution in [0.3, 0.4) is 0 Å². The lowest BCUT2D eigenvalue weighted by Gasteiger charge is -2.28. The molecule has 7 heteroatoms. The fraction of sp³-hybridized carbons (Fsp3) is 0.615. The molecule has 1 aromatic heterocycles. The van der Waals surface area contributed by atoms with E-state index in [0.29, 0.717) is 13.1 Å². The van der Waals surface area contributed by atoms with Gasteiger partial charge in [-0.1, -0.05) is 0 Å². The number of aromatic nitrogens is 2. The number of carboxylic acids is 1. The fourth-order valence-corrected chi connectivity index (χ4v) is 2.55. The summed E-state index contributed by atoms with van der Waals surface area (Å²) in [6, 6.07) is -0.319. The summed E-state index contributed by atoms with van der Waals surface area (Å²) in [4.78, 5) is 30.7. The van der Waals surface area contributed by atoms with E-state index in [4.69, 9.17) is 5.11 Å². The Morgan fingerprint density at radius 3 is 2.90 bits per heavy atom. The predicted octanol–water partition coefficient (Wildman–Crippen LogP) is 0.911. The van der Waals surface area contributed by atoms with Crippen molar-refractivity contribution in [2.24, 2.45) is 7.05 Å². The lowest BCUT2D eigenvalue weighted by Crippen LogP contribution is -2.44. The Morgan fingerprint density at radius 2 is 2.30 bits per heavy atom. The van der Waals surface area contributed by atoms with Gasteiger partial charge in [0.15, 0.2) is 0 Å². The van der Waals surface area contributed by atoms with E-state index in [9.17, 15) is 9.59 Å². The molecule has 1 aliphatic rings. The van der Waals surface area contributed by atoms with E-state index in [1.807, 2.05) is 17.8 Å². The summed E-state index contributed by atoms with van der Waals surface area (Å²) in [5, 5.41) is 8.89. The number of hydrogen-bond donors (Lipinski definition) is 1. The molecule has 0 bridgehead atoms. The predicted molar refractivity (Wildman–Crippen MR) is 72.1 cm³/mol. The zero-order chi connectivity index (χ0) is 14.7. The number of hydrogen-bond acceptors (Lipinski definition) is 3.